The SMILES string of the molecule is CCN1CCN(C(C)C)CC1C.S. The van der Waals surface area contributed by atoms with Crippen LogP contribution in [0.1, 0.15) is 27.7 Å². The number of hydrogen-bond donors (Lipinski definition) is 0. The summed E-state index contributed by atoms with van der Waals surface area (Å²) in [5.41, 5.74) is 0. The predicted molar refractivity (Wildman–Crippen MR) is 63.8 cm³/mol. The van der Waals surface area contributed by atoms with E-state index < -0.39 is 0 Å². The molecule has 1 saturated heterocycles. The second-order valence-corrected chi connectivity index (χ2v) is 4.07. The summed E-state index contributed by atoms with van der Waals surface area (Å²) in [4.78, 5) is 5.12. The van der Waals surface area contributed by atoms with Gasteiger partial charge in [-0.05, 0) is 27.3 Å². The molecule has 1 heterocycles. The number of nitrogens with zero attached hydrogens (tertiary/aromatic N) is 2. The first-order chi connectivity index (χ1) is 5.65. The Kier molecular flexibility index (Phi) is 6.01. The van der Waals surface area contributed by atoms with Crippen LogP contribution in [0, 0.1) is 0 Å². The van der Waals surface area contributed by atoms with E-state index >= 15 is 0 Å². The first-order valence-electron chi connectivity index (χ1n) is 5.13. The van der Waals surface area contributed by atoms with Crippen molar-refractivity contribution >= 4 is 13.5 Å². The van der Waals surface area contributed by atoms with Crippen LogP contribution >= 0.6 is 13.5 Å². The lowest BCUT2D eigenvalue weighted by atomic mass is 10.1. The van der Waals surface area contributed by atoms with Crippen molar-refractivity contribution in [2.45, 2.75) is 39.8 Å². The second-order valence-electron chi connectivity index (χ2n) is 4.07. The molecule has 0 aromatic rings. The number of hydrogen-bond acceptors (Lipinski definition) is 2. The Morgan fingerprint density at radius 2 is 1.92 bits per heavy atom. The second kappa shape index (κ2) is 5.89. The van der Waals surface area contributed by atoms with Crippen LogP contribution in [0.5, 0.6) is 0 Å². The maximum absolute atomic E-state index is 2.57. The summed E-state index contributed by atoms with van der Waals surface area (Å²) in [5.74, 6) is 0. The quantitative estimate of drug-likeness (QED) is 0.673. The normalized spacial score (nSPS) is 26.1. The molecule has 0 N–H and O–H groups in total. The molecular formula is C10H24N2S. The van der Waals surface area contributed by atoms with Crippen LogP contribution in [-0.2, 0) is 0 Å². The van der Waals surface area contributed by atoms with E-state index in [1.54, 1.807) is 0 Å². The van der Waals surface area contributed by atoms with Crippen molar-refractivity contribution in [1.82, 2.24) is 9.80 Å². The Morgan fingerprint density at radius 1 is 1.31 bits per heavy atom. The third-order valence-corrected chi connectivity index (χ3v) is 2.93. The van der Waals surface area contributed by atoms with E-state index in [0.717, 1.165) is 6.04 Å². The predicted octanol–water partition coefficient (Wildman–Crippen LogP) is 1.53. The monoisotopic (exact) mass is 204 g/mol. The van der Waals surface area contributed by atoms with Crippen molar-refractivity contribution in [3.05, 3.63) is 0 Å². The fourth-order valence-electron chi connectivity index (χ4n) is 1.96. The minimum Gasteiger partial charge on any atom is -0.298 e. The van der Waals surface area contributed by atoms with Crippen molar-refractivity contribution in [3.63, 3.8) is 0 Å². The molecule has 0 spiro atoms. The molecule has 1 fully saturated rings. The van der Waals surface area contributed by atoms with Crippen LogP contribution in [0.15, 0.2) is 0 Å². The molecule has 1 unspecified atom stereocenters. The van der Waals surface area contributed by atoms with Crippen LogP contribution in [-0.4, -0.2) is 48.1 Å². The molecule has 0 amide bonds. The highest BCUT2D eigenvalue weighted by molar-refractivity contribution is 7.59. The lowest BCUT2D eigenvalue weighted by molar-refractivity contribution is 0.0687. The van der Waals surface area contributed by atoms with E-state index in [0.29, 0.717) is 6.04 Å². The Hall–Kier alpha value is 0.270. The molecule has 0 aromatic carbocycles. The van der Waals surface area contributed by atoms with Crippen molar-refractivity contribution in [2.24, 2.45) is 0 Å². The Morgan fingerprint density at radius 3 is 2.31 bits per heavy atom. The van der Waals surface area contributed by atoms with E-state index in [1.807, 2.05) is 0 Å². The van der Waals surface area contributed by atoms with E-state index in [9.17, 15) is 0 Å². The van der Waals surface area contributed by atoms with Gasteiger partial charge >= 0.3 is 0 Å². The summed E-state index contributed by atoms with van der Waals surface area (Å²) < 4.78 is 0. The largest absolute Gasteiger partial charge is 0.298 e. The zero-order valence-corrected chi connectivity index (χ0v) is 10.4. The number of rotatable bonds is 2. The standard InChI is InChI=1S/C10H22N2.H2S/c1-5-11-6-7-12(9(2)3)8-10(11)4;/h9-10H,5-8H2,1-4H3;1H2. The summed E-state index contributed by atoms with van der Waals surface area (Å²) in [6.07, 6.45) is 0. The molecule has 3 heteroatoms. The zero-order chi connectivity index (χ0) is 9.14. The van der Waals surface area contributed by atoms with Gasteiger partial charge in [0.1, 0.15) is 0 Å². The molecule has 0 aromatic heterocycles. The molecule has 0 aliphatic carbocycles. The van der Waals surface area contributed by atoms with E-state index in [-0.39, 0.29) is 13.5 Å². The molecule has 0 radical (unpaired) electrons. The summed E-state index contributed by atoms with van der Waals surface area (Å²) in [7, 11) is 0. The van der Waals surface area contributed by atoms with Crippen molar-refractivity contribution < 1.29 is 0 Å². The smallest absolute Gasteiger partial charge is 0.0195 e. The van der Waals surface area contributed by atoms with Gasteiger partial charge in [-0.2, -0.15) is 13.5 Å². The van der Waals surface area contributed by atoms with E-state index in [4.69, 9.17) is 0 Å². The maximum atomic E-state index is 2.57. The minimum atomic E-state index is 0. The number of likely N-dealkylation sites (N-methyl/N-ethyl adjacent to an activating group) is 1. The first-order valence-corrected chi connectivity index (χ1v) is 5.13. The highest BCUT2D eigenvalue weighted by Crippen LogP contribution is 2.10. The molecule has 2 nitrogen and oxygen atoms in total. The van der Waals surface area contributed by atoms with Gasteiger partial charge in [-0.25, -0.2) is 0 Å². The van der Waals surface area contributed by atoms with Gasteiger partial charge in [0.05, 0.1) is 0 Å². The van der Waals surface area contributed by atoms with Crippen LogP contribution in [0.4, 0.5) is 0 Å². The van der Waals surface area contributed by atoms with Gasteiger partial charge in [0.15, 0.2) is 0 Å². The fraction of sp³-hybridized carbons (Fsp3) is 1.00. The van der Waals surface area contributed by atoms with Gasteiger partial charge in [-0.1, -0.05) is 6.92 Å². The average molecular weight is 204 g/mol. The molecule has 1 rings (SSSR count). The molecule has 80 valence electrons. The van der Waals surface area contributed by atoms with Gasteiger partial charge in [-0.3, -0.25) is 9.80 Å². The van der Waals surface area contributed by atoms with Gasteiger partial charge < -0.3 is 0 Å². The Balaban J connectivity index is 0.00000144. The van der Waals surface area contributed by atoms with Crippen LogP contribution in [0.2, 0.25) is 0 Å². The molecule has 0 saturated carbocycles. The topological polar surface area (TPSA) is 6.48 Å². The molecule has 1 aliphatic heterocycles. The molecular weight excluding hydrogens is 180 g/mol. The molecule has 0 bridgehead atoms. The van der Waals surface area contributed by atoms with E-state index in [2.05, 4.69) is 37.5 Å². The summed E-state index contributed by atoms with van der Waals surface area (Å²) in [6, 6.07) is 1.46. The Labute approximate surface area is 89.7 Å². The fourth-order valence-corrected chi connectivity index (χ4v) is 1.96. The molecule has 13 heavy (non-hydrogen) atoms. The molecule has 1 aliphatic rings. The average Bonchev–Trinajstić information content (AvgIpc) is 2.04. The lowest BCUT2D eigenvalue weighted by Crippen LogP contribution is -2.53. The van der Waals surface area contributed by atoms with Crippen molar-refractivity contribution in [3.8, 4) is 0 Å². The van der Waals surface area contributed by atoms with Gasteiger partial charge in [0.2, 0.25) is 0 Å². The maximum Gasteiger partial charge on any atom is 0.0195 e. The van der Waals surface area contributed by atoms with Gasteiger partial charge in [0.25, 0.3) is 0 Å². The highest BCUT2D eigenvalue weighted by atomic mass is 32.1. The van der Waals surface area contributed by atoms with Crippen LogP contribution in [0.3, 0.4) is 0 Å². The van der Waals surface area contributed by atoms with Crippen molar-refractivity contribution in [2.75, 3.05) is 26.2 Å². The highest BCUT2D eigenvalue weighted by Gasteiger charge is 2.23. The number of piperazine rings is 1. The zero-order valence-electron chi connectivity index (χ0n) is 9.38. The molecule has 1 atom stereocenters. The third kappa shape index (κ3) is 3.49. The van der Waals surface area contributed by atoms with Gasteiger partial charge in [0, 0.05) is 31.7 Å². The lowest BCUT2D eigenvalue weighted by Gasteiger charge is -2.41. The minimum absolute atomic E-state index is 0. The summed E-state index contributed by atoms with van der Waals surface area (Å²) in [6.45, 7) is 14.1. The van der Waals surface area contributed by atoms with Crippen LogP contribution in [0.25, 0.3) is 0 Å². The first kappa shape index (κ1) is 13.3. The van der Waals surface area contributed by atoms with Crippen molar-refractivity contribution in [1.29, 1.82) is 0 Å². The third-order valence-electron chi connectivity index (χ3n) is 2.93. The van der Waals surface area contributed by atoms with Crippen LogP contribution < -0.4 is 0 Å². The Bertz CT molecular complexity index is 139. The summed E-state index contributed by atoms with van der Waals surface area (Å²) >= 11 is 0. The van der Waals surface area contributed by atoms with Gasteiger partial charge in [-0.15, -0.1) is 0 Å². The summed E-state index contributed by atoms with van der Waals surface area (Å²) in [5, 5.41) is 0. The van der Waals surface area contributed by atoms with E-state index in [1.165, 1.54) is 26.2 Å².